The lowest BCUT2D eigenvalue weighted by molar-refractivity contribution is -0.137. The van der Waals surface area contributed by atoms with Crippen molar-refractivity contribution in [2.24, 2.45) is 0 Å². The van der Waals surface area contributed by atoms with Crippen molar-refractivity contribution in [3.05, 3.63) is 0 Å². The minimum absolute atomic E-state index is 0. The molecule has 0 bridgehead atoms. The minimum atomic E-state index is -0.707. The zero-order valence-corrected chi connectivity index (χ0v) is 8.23. The molecule has 5 heteroatoms. The molecule has 1 N–H and O–H groups in total. The van der Waals surface area contributed by atoms with Gasteiger partial charge in [0.25, 0.3) is 5.90 Å². The number of hydrogen-bond donors (Lipinski definition) is 1. The zero-order chi connectivity index (χ0) is 8.85. The van der Waals surface area contributed by atoms with Crippen molar-refractivity contribution in [3.8, 4) is 0 Å². The van der Waals surface area contributed by atoms with Crippen molar-refractivity contribution in [1.82, 2.24) is 0 Å². The summed E-state index contributed by atoms with van der Waals surface area (Å²) < 4.78 is 9.29. The largest absolute Gasteiger partial charge is 0.470 e. The van der Waals surface area contributed by atoms with Crippen LogP contribution in [-0.2, 0) is 14.3 Å². The van der Waals surface area contributed by atoms with Crippen LogP contribution in [0.3, 0.4) is 0 Å². The van der Waals surface area contributed by atoms with Gasteiger partial charge in [0.15, 0.2) is 0 Å². The zero-order valence-electron chi connectivity index (χ0n) is 7.42. The summed E-state index contributed by atoms with van der Waals surface area (Å²) in [6.07, 6.45) is -0.160. The number of rotatable bonds is 2. The molecular formula is C7H14ClNO3. The molecule has 0 amide bonds. The van der Waals surface area contributed by atoms with Crippen molar-refractivity contribution >= 4 is 24.3 Å². The van der Waals surface area contributed by atoms with Gasteiger partial charge in [0.1, 0.15) is 0 Å². The van der Waals surface area contributed by atoms with E-state index in [1.165, 1.54) is 0 Å². The molecule has 0 rings (SSSR count). The fraction of sp³-hybridized carbons (Fsp3) is 0.714. The highest BCUT2D eigenvalue weighted by Gasteiger charge is 2.12. The Balaban J connectivity index is 0. The summed E-state index contributed by atoms with van der Waals surface area (Å²) in [5, 5.41) is 7.03. The third-order valence-corrected chi connectivity index (χ3v) is 0.814. The van der Waals surface area contributed by atoms with Crippen LogP contribution >= 0.6 is 12.4 Å². The molecule has 0 saturated heterocycles. The van der Waals surface area contributed by atoms with E-state index in [9.17, 15) is 4.79 Å². The first-order valence-electron chi connectivity index (χ1n) is 3.50. The summed E-state index contributed by atoms with van der Waals surface area (Å²) >= 11 is 0. The van der Waals surface area contributed by atoms with Crippen molar-refractivity contribution in [1.29, 1.82) is 5.41 Å². The molecule has 0 saturated carbocycles. The summed E-state index contributed by atoms with van der Waals surface area (Å²) in [5.74, 6) is -1.14. The number of carbonyl (C=O) groups excluding carboxylic acids is 1. The van der Waals surface area contributed by atoms with Gasteiger partial charge in [0.05, 0.1) is 12.7 Å². The summed E-state index contributed by atoms with van der Waals surface area (Å²) in [6.45, 7) is 5.44. The summed E-state index contributed by atoms with van der Waals surface area (Å²) in [6, 6.07) is 0. The Bertz CT molecular complexity index is 159. The standard InChI is InChI=1S/C7H13NO3.ClH/c1-4-10-7(9)6(8)11-5(2)3;/h5,8H,4H2,1-3H3;1H. The van der Waals surface area contributed by atoms with Gasteiger partial charge in [-0.15, -0.1) is 12.4 Å². The van der Waals surface area contributed by atoms with Crippen LogP contribution in [0.2, 0.25) is 0 Å². The molecular weight excluding hydrogens is 182 g/mol. The molecule has 0 heterocycles. The number of carbonyl (C=O) groups is 1. The lowest BCUT2D eigenvalue weighted by Gasteiger charge is -2.08. The Morgan fingerprint density at radius 1 is 1.50 bits per heavy atom. The lowest BCUT2D eigenvalue weighted by Crippen LogP contribution is -2.22. The third-order valence-electron chi connectivity index (χ3n) is 0.814. The van der Waals surface area contributed by atoms with E-state index in [4.69, 9.17) is 10.1 Å². The SMILES string of the molecule is CCOC(=O)C(=N)OC(C)C.Cl. The Kier molecular flexibility index (Phi) is 7.94. The van der Waals surface area contributed by atoms with Gasteiger partial charge in [-0.3, -0.25) is 5.41 Å². The van der Waals surface area contributed by atoms with Crippen LogP contribution in [0.25, 0.3) is 0 Å². The van der Waals surface area contributed by atoms with Gasteiger partial charge in [-0.25, -0.2) is 4.79 Å². The first kappa shape index (κ1) is 13.8. The monoisotopic (exact) mass is 195 g/mol. The van der Waals surface area contributed by atoms with Gasteiger partial charge in [-0.1, -0.05) is 0 Å². The Labute approximate surface area is 78.2 Å². The predicted octanol–water partition coefficient (Wildman–Crippen LogP) is 1.37. The van der Waals surface area contributed by atoms with Crippen LogP contribution in [0.5, 0.6) is 0 Å². The Hall–Kier alpha value is -0.770. The third kappa shape index (κ3) is 5.97. The van der Waals surface area contributed by atoms with Crippen LogP contribution in [0.15, 0.2) is 0 Å². The molecule has 0 radical (unpaired) electrons. The predicted molar refractivity (Wildman–Crippen MR) is 47.8 cm³/mol. The van der Waals surface area contributed by atoms with Gasteiger partial charge < -0.3 is 9.47 Å². The molecule has 0 spiro atoms. The van der Waals surface area contributed by atoms with E-state index in [0.717, 1.165) is 0 Å². The maximum Gasteiger partial charge on any atom is 0.393 e. The molecule has 72 valence electrons. The van der Waals surface area contributed by atoms with Crippen molar-refractivity contribution in [3.63, 3.8) is 0 Å². The summed E-state index contributed by atoms with van der Waals surface area (Å²) in [5.41, 5.74) is 0. The highest BCUT2D eigenvalue weighted by atomic mass is 35.5. The lowest BCUT2D eigenvalue weighted by atomic mass is 10.5. The van der Waals surface area contributed by atoms with Crippen LogP contribution in [0.1, 0.15) is 20.8 Å². The molecule has 0 unspecified atom stereocenters. The fourth-order valence-electron chi connectivity index (χ4n) is 0.480. The van der Waals surface area contributed by atoms with Gasteiger partial charge >= 0.3 is 5.97 Å². The molecule has 0 aliphatic carbocycles. The van der Waals surface area contributed by atoms with E-state index >= 15 is 0 Å². The second kappa shape index (κ2) is 6.91. The minimum Gasteiger partial charge on any atom is -0.470 e. The average molecular weight is 196 g/mol. The van der Waals surface area contributed by atoms with E-state index in [0.29, 0.717) is 0 Å². The molecule has 0 aliphatic rings. The second-order valence-electron chi connectivity index (χ2n) is 2.22. The quantitative estimate of drug-likeness (QED) is 0.411. The molecule has 0 aromatic carbocycles. The topological polar surface area (TPSA) is 59.4 Å². The molecule has 0 aromatic rings. The van der Waals surface area contributed by atoms with E-state index in [2.05, 4.69) is 4.74 Å². The average Bonchev–Trinajstić information content (AvgIpc) is 1.86. The van der Waals surface area contributed by atoms with Crippen LogP contribution < -0.4 is 0 Å². The Morgan fingerprint density at radius 2 is 2.00 bits per heavy atom. The fourth-order valence-corrected chi connectivity index (χ4v) is 0.480. The van der Waals surface area contributed by atoms with Crippen LogP contribution in [0, 0.1) is 5.41 Å². The number of hydrogen-bond acceptors (Lipinski definition) is 4. The maximum atomic E-state index is 10.7. The molecule has 0 fully saturated rings. The van der Waals surface area contributed by atoms with E-state index in [1.54, 1.807) is 20.8 Å². The number of halogens is 1. The van der Waals surface area contributed by atoms with Gasteiger partial charge in [-0.05, 0) is 20.8 Å². The van der Waals surface area contributed by atoms with Gasteiger partial charge in [-0.2, -0.15) is 0 Å². The number of esters is 1. The second-order valence-corrected chi connectivity index (χ2v) is 2.22. The molecule has 0 atom stereocenters. The van der Waals surface area contributed by atoms with Crippen molar-refractivity contribution in [2.75, 3.05) is 6.61 Å². The van der Waals surface area contributed by atoms with E-state index < -0.39 is 11.9 Å². The van der Waals surface area contributed by atoms with Crippen molar-refractivity contribution < 1.29 is 14.3 Å². The first-order chi connectivity index (χ1) is 5.07. The molecule has 0 aromatic heterocycles. The first-order valence-corrected chi connectivity index (χ1v) is 3.50. The normalized spacial score (nSPS) is 8.67. The molecule has 12 heavy (non-hydrogen) atoms. The highest BCUT2D eigenvalue weighted by molar-refractivity contribution is 6.31. The highest BCUT2D eigenvalue weighted by Crippen LogP contribution is 1.91. The number of ether oxygens (including phenoxy) is 2. The van der Waals surface area contributed by atoms with Gasteiger partial charge in [0, 0.05) is 0 Å². The molecule has 4 nitrogen and oxygen atoms in total. The maximum absolute atomic E-state index is 10.7. The molecule has 0 aliphatic heterocycles. The van der Waals surface area contributed by atoms with E-state index in [-0.39, 0.29) is 25.1 Å². The van der Waals surface area contributed by atoms with Crippen LogP contribution in [-0.4, -0.2) is 24.6 Å². The smallest absolute Gasteiger partial charge is 0.393 e. The van der Waals surface area contributed by atoms with Gasteiger partial charge in [0.2, 0.25) is 0 Å². The van der Waals surface area contributed by atoms with Crippen LogP contribution in [0.4, 0.5) is 0 Å². The summed E-state index contributed by atoms with van der Waals surface area (Å²) in [4.78, 5) is 10.7. The van der Waals surface area contributed by atoms with E-state index in [1.807, 2.05) is 0 Å². The van der Waals surface area contributed by atoms with Crippen molar-refractivity contribution in [2.45, 2.75) is 26.9 Å². The summed E-state index contributed by atoms with van der Waals surface area (Å²) in [7, 11) is 0. The number of nitrogens with one attached hydrogen (secondary N) is 1. The Morgan fingerprint density at radius 3 is 2.33 bits per heavy atom.